The second kappa shape index (κ2) is 6.05. The zero-order valence-electron chi connectivity index (χ0n) is 13.3. The molecular weight excluding hydrogens is 296 g/mol. The highest BCUT2D eigenvalue weighted by atomic mass is 32.2. The molecule has 0 saturated heterocycles. The Balaban J connectivity index is 1.84. The Bertz CT molecular complexity index is 764. The van der Waals surface area contributed by atoms with E-state index in [1.54, 1.807) is 11.4 Å². The van der Waals surface area contributed by atoms with Crippen molar-refractivity contribution in [1.29, 1.82) is 0 Å². The largest absolute Gasteiger partial charge is 0.358 e. The molecule has 1 aromatic heterocycles. The van der Waals surface area contributed by atoms with Crippen LogP contribution in [0.1, 0.15) is 37.4 Å². The molecule has 5 heteroatoms. The van der Waals surface area contributed by atoms with Gasteiger partial charge in [0, 0.05) is 29.7 Å². The van der Waals surface area contributed by atoms with E-state index in [1.165, 1.54) is 16.6 Å². The molecule has 1 unspecified atom stereocenters. The van der Waals surface area contributed by atoms with E-state index >= 15 is 0 Å². The lowest BCUT2D eigenvalue weighted by atomic mass is 9.91. The summed E-state index contributed by atoms with van der Waals surface area (Å²) in [5, 5.41) is 1.24. The third-order valence-corrected chi connectivity index (χ3v) is 6.76. The lowest BCUT2D eigenvalue weighted by Crippen LogP contribution is -2.41. The molecule has 22 heavy (non-hydrogen) atoms. The van der Waals surface area contributed by atoms with Gasteiger partial charge >= 0.3 is 0 Å². The fraction of sp³-hybridized carbons (Fsp3) is 0.529. The highest BCUT2D eigenvalue weighted by molar-refractivity contribution is 7.89. The number of aromatic nitrogens is 1. The number of aryl methyl sites for hydroxylation is 1. The van der Waals surface area contributed by atoms with Crippen molar-refractivity contribution in [1.82, 2.24) is 9.29 Å². The van der Waals surface area contributed by atoms with Gasteiger partial charge in [-0.05, 0) is 37.3 Å². The van der Waals surface area contributed by atoms with E-state index in [4.69, 9.17) is 0 Å². The normalized spacial score (nSPS) is 18.8. The van der Waals surface area contributed by atoms with Crippen molar-refractivity contribution in [2.45, 2.75) is 45.1 Å². The van der Waals surface area contributed by atoms with Crippen molar-refractivity contribution in [2.75, 3.05) is 12.8 Å². The molecule has 1 aliphatic carbocycles. The molecule has 1 aromatic carbocycles. The summed E-state index contributed by atoms with van der Waals surface area (Å²) in [4.78, 5) is 3.48. The summed E-state index contributed by atoms with van der Waals surface area (Å²) >= 11 is 0. The Kier molecular flexibility index (Phi) is 4.28. The summed E-state index contributed by atoms with van der Waals surface area (Å²) in [5.74, 6) is 0.261. The van der Waals surface area contributed by atoms with E-state index in [-0.39, 0.29) is 11.8 Å². The Labute approximate surface area is 132 Å². The number of benzene rings is 1. The van der Waals surface area contributed by atoms with Gasteiger partial charge in [-0.3, -0.25) is 0 Å². The quantitative estimate of drug-likeness (QED) is 0.920. The number of unbranched alkanes of at least 4 members (excludes halogenated alkanes) is 1. The van der Waals surface area contributed by atoms with Gasteiger partial charge < -0.3 is 4.98 Å². The molecule has 1 aliphatic rings. The van der Waals surface area contributed by atoms with Crippen LogP contribution in [-0.2, 0) is 22.9 Å². The first-order valence-corrected chi connectivity index (χ1v) is 9.68. The molecule has 0 saturated carbocycles. The predicted molar refractivity (Wildman–Crippen MR) is 90.6 cm³/mol. The number of hydrogen-bond donors (Lipinski definition) is 1. The lowest BCUT2D eigenvalue weighted by Gasteiger charge is -2.30. The molecule has 0 fully saturated rings. The molecule has 2 aromatic rings. The van der Waals surface area contributed by atoms with Gasteiger partial charge in [0.1, 0.15) is 0 Å². The monoisotopic (exact) mass is 320 g/mol. The van der Waals surface area contributed by atoms with Crippen LogP contribution in [-0.4, -0.2) is 36.5 Å². The standard InChI is InChI=1S/C17H24N2O2S/c1-3-4-11-22(20,21)19(2)13-9-10-17-15(12-13)14-7-5-6-8-16(14)18-17/h5-8,13,18H,3-4,9-12H2,1-2H3. The summed E-state index contributed by atoms with van der Waals surface area (Å²) in [6.45, 7) is 2.02. The maximum Gasteiger partial charge on any atom is 0.214 e. The molecule has 0 bridgehead atoms. The van der Waals surface area contributed by atoms with Gasteiger partial charge in [-0.15, -0.1) is 0 Å². The zero-order valence-corrected chi connectivity index (χ0v) is 14.1. The minimum Gasteiger partial charge on any atom is -0.358 e. The third-order valence-electron chi connectivity index (χ3n) is 4.78. The summed E-state index contributed by atoms with van der Waals surface area (Å²) in [5.41, 5.74) is 3.73. The van der Waals surface area contributed by atoms with E-state index in [9.17, 15) is 8.42 Å². The van der Waals surface area contributed by atoms with E-state index < -0.39 is 10.0 Å². The van der Waals surface area contributed by atoms with Gasteiger partial charge in [0.2, 0.25) is 10.0 Å². The van der Waals surface area contributed by atoms with Crippen LogP contribution in [0, 0.1) is 0 Å². The molecule has 120 valence electrons. The summed E-state index contributed by atoms with van der Waals surface area (Å²) in [7, 11) is -1.39. The van der Waals surface area contributed by atoms with Crippen LogP contribution in [0.5, 0.6) is 0 Å². The van der Waals surface area contributed by atoms with E-state index in [0.717, 1.165) is 37.6 Å². The molecule has 4 nitrogen and oxygen atoms in total. The van der Waals surface area contributed by atoms with Crippen LogP contribution in [0.25, 0.3) is 10.9 Å². The van der Waals surface area contributed by atoms with Crippen LogP contribution in [0.4, 0.5) is 0 Å². The van der Waals surface area contributed by atoms with Crippen LogP contribution in [0.15, 0.2) is 24.3 Å². The maximum absolute atomic E-state index is 12.4. The average molecular weight is 320 g/mol. The van der Waals surface area contributed by atoms with Gasteiger partial charge in [-0.25, -0.2) is 12.7 Å². The molecule has 3 rings (SSSR count). The highest BCUT2D eigenvalue weighted by Crippen LogP contribution is 2.31. The Morgan fingerprint density at radius 3 is 2.86 bits per heavy atom. The number of sulfonamides is 1. The van der Waals surface area contributed by atoms with Gasteiger partial charge in [0.15, 0.2) is 0 Å². The number of para-hydroxylation sites is 1. The fourth-order valence-corrected chi connectivity index (χ4v) is 4.93. The predicted octanol–water partition coefficient (Wildman–Crippen LogP) is 3.09. The number of rotatable bonds is 5. The first kappa shape index (κ1) is 15.6. The van der Waals surface area contributed by atoms with Crippen LogP contribution in [0.2, 0.25) is 0 Å². The first-order chi connectivity index (χ1) is 10.5. The second-order valence-electron chi connectivity index (χ2n) is 6.21. The maximum atomic E-state index is 12.4. The SMILES string of the molecule is CCCCS(=O)(=O)N(C)C1CCc2[nH]c3ccccc3c2C1. The highest BCUT2D eigenvalue weighted by Gasteiger charge is 2.30. The Hall–Kier alpha value is -1.33. The molecule has 1 heterocycles. The molecule has 1 N–H and O–H groups in total. The summed E-state index contributed by atoms with van der Waals surface area (Å²) < 4.78 is 26.5. The van der Waals surface area contributed by atoms with E-state index in [2.05, 4.69) is 17.1 Å². The van der Waals surface area contributed by atoms with Gasteiger partial charge in [0.05, 0.1) is 5.75 Å². The van der Waals surface area contributed by atoms with Crippen molar-refractivity contribution in [3.8, 4) is 0 Å². The van der Waals surface area contributed by atoms with Crippen molar-refractivity contribution >= 4 is 20.9 Å². The van der Waals surface area contributed by atoms with Crippen molar-refractivity contribution in [3.05, 3.63) is 35.5 Å². The van der Waals surface area contributed by atoms with Crippen molar-refractivity contribution in [2.24, 2.45) is 0 Å². The third kappa shape index (κ3) is 2.79. The first-order valence-electron chi connectivity index (χ1n) is 8.07. The minimum atomic E-state index is -3.14. The van der Waals surface area contributed by atoms with Gasteiger partial charge in [-0.2, -0.15) is 0 Å². The fourth-order valence-electron chi connectivity index (χ4n) is 3.36. The number of hydrogen-bond acceptors (Lipinski definition) is 2. The number of fused-ring (bicyclic) bond motifs is 3. The Morgan fingerprint density at radius 2 is 2.09 bits per heavy atom. The van der Waals surface area contributed by atoms with Gasteiger partial charge in [0.25, 0.3) is 0 Å². The molecule has 1 atom stereocenters. The Morgan fingerprint density at radius 1 is 1.32 bits per heavy atom. The van der Waals surface area contributed by atoms with E-state index in [0.29, 0.717) is 0 Å². The molecular formula is C17H24N2O2S. The van der Waals surface area contributed by atoms with Crippen LogP contribution >= 0.6 is 0 Å². The van der Waals surface area contributed by atoms with Crippen LogP contribution < -0.4 is 0 Å². The molecule has 0 aliphatic heterocycles. The second-order valence-corrected chi connectivity index (χ2v) is 8.36. The average Bonchev–Trinajstić information content (AvgIpc) is 2.90. The smallest absolute Gasteiger partial charge is 0.214 e. The summed E-state index contributed by atoms with van der Waals surface area (Å²) in [6, 6.07) is 8.36. The topological polar surface area (TPSA) is 53.2 Å². The molecule has 0 radical (unpaired) electrons. The molecule has 0 spiro atoms. The lowest BCUT2D eigenvalue weighted by molar-refractivity contribution is 0.335. The van der Waals surface area contributed by atoms with Crippen LogP contribution in [0.3, 0.4) is 0 Å². The number of H-pyrrole nitrogens is 1. The number of nitrogens with one attached hydrogen (secondary N) is 1. The van der Waals surface area contributed by atoms with Crippen molar-refractivity contribution in [3.63, 3.8) is 0 Å². The number of aromatic amines is 1. The van der Waals surface area contributed by atoms with Gasteiger partial charge in [-0.1, -0.05) is 31.5 Å². The zero-order chi connectivity index (χ0) is 15.7. The van der Waals surface area contributed by atoms with Crippen molar-refractivity contribution < 1.29 is 8.42 Å². The summed E-state index contributed by atoms with van der Waals surface area (Å²) in [6.07, 6.45) is 4.26. The number of nitrogens with zero attached hydrogens (tertiary/aromatic N) is 1. The van der Waals surface area contributed by atoms with E-state index in [1.807, 2.05) is 19.1 Å². The minimum absolute atomic E-state index is 0.0774. The number of likely N-dealkylation sites (N-methyl/N-ethyl adjacent to an activating group) is 1. The molecule has 0 amide bonds.